The monoisotopic (exact) mass is 361 g/mol. The van der Waals surface area contributed by atoms with E-state index in [-0.39, 0.29) is 12.0 Å². The van der Waals surface area contributed by atoms with Crippen molar-refractivity contribution in [3.8, 4) is 23.4 Å². The number of nitrogens with zero attached hydrogens (tertiary/aromatic N) is 3. The summed E-state index contributed by atoms with van der Waals surface area (Å²) in [5.41, 5.74) is 1.99. The average molecular weight is 361 g/mol. The van der Waals surface area contributed by atoms with Crippen molar-refractivity contribution in [2.24, 2.45) is 0 Å². The standard InChI is InChI=1S/C19H27N3O4/c1-12-9-10-14(13(2)11-12)15-20-16(23-25-18(3,4)5)22-17(21-15)24-26-19(6,7)8/h9-11H,1-8H3. The molecule has 0 unspecified atom stereocenters. The first kappa shape index (κ1) is 20.1. The van der Waals surface area contributed by atoms with Gasteiger partial charge in [0.1, 0.15) is 11.2 Å². The van der Waals surface area contributed by atoms with Crippen LogP contribution in [0.15, 0.2) is 18.2 Å². The van der Waals surface area contributed by atoms with Crippen LogP contribution in [0.2, 0.25) is 0 Å². The molecule has 0 spiro atoms. The zero-order chi connectivity index (χ0) is 19.5. The van der Waals surface area contributed by atoms with E-state index in [2.05, 4.69) is 21.0 Å². The van der Waals surface area contributed by atoms with Gasteiger partial charge < -0.3 is 0 Å². The molecule has 1 aromatic heterocycles. The molecule has 0 radical (unpaired) electrons. The second-order valence-electron chi connectivity index (χ2n) is 8.10. The molecule has 0 aliphatic rings. The minimum Gasteiger partial charge on any atom is -0.294 e. The largest absolute Gasteiger partial charge is 0.360 e. The van der Waals surface area contributed by atoms with Crippen LogP contribution in [-0.4, -0.2) is 26.2 Å². The highest BCUT2D eigenvalue weighted by Gasteiger charge is 2.19. The van der Waals surface area contributed by atoms with Crippen LogP contribution in [0.25, 0.3) is 11.4 Å². The number of hydrogen-bond donors (Lipinski definition) is 0. The maximum atomic E-state index is 5.31. The number of aromatic nitrogens is 3. The van der Waals surface area contributed by atoms with E-state index in [4.69, 9.17) is 19.6 Å². The summed E-state index contributed by atoms with van der Waals surface area (Å²) < 4.78 is 0. The maximum absolute atomic E-state index is 5.31. The predicted molar refractivity (Wildman–Crippen MR) is 97.7 cm³/mol. The van der Waals surface area contributed by atoms with Gasteiger partial charge in [0.05, 0.1) is 0 Å². The van der Waals surface area contributed by atoms with Crippen LogP contribution in [0.3, 0.4) is 0 Å². The van der Waals surface area contributed by atoms with E-state index in [1.807, 2.05) is 67.5 Å². The first-order chi connectivity index (χ1) is 11.9. The van der Waals surface area contributed by atoms with E-state index in [0.29, 0.717) is 5.82 Å². The number of aryl methyl sites for hydroxylation is 2. The number of hydrogen-bond acceptors (Lipinski definition) is 7. The summed E-state index contributed by atoms with van der Waals surface area (Å²) >= 11 is 0. The molecular formula is C19H27N3O4. The van der Waals surface area contributed by atoms with Gasteiger partial charge in [-0.15, -0.1) is 4.98 Å². The van der Waals surface area contributed by atoms with Crippen molar-refractivity contribution < 1.29 is 19.6 Å². The highest BCUT2D eigenvalue weighted by Crippen LogP contribution is 2.25. The van der Waals surface area contributed by atoms with Crippen molar-refractivity contribution in [3.05, 3.63) is 29.3 Å². The second kappa shape index (κ2) is 7.55. The lowest BCUT2D eigenvalue weighted by molar-refractivity contribution is -0.287. The lowest BCUT2D eigenvalue weighted by Gasteiger charge is -2.18. The Bertz CT molecular complexity index is 728. The van der Waals surface area contributed by atoms with E-state index >= 15 is 0 Å². The highest BCUT2D eigenvalue weighted by atomic mass is 17.2. The molecule has 0 aliphatic heterocycles. The van der Waals surface area contributed by atoms with Gasteiger partial charge in [0.25, 0.3) is 0 Å². The molecular weight excluding hydrogens is 334 g/mol. The van der Waals surface area contributed by atoms with E-state index < -0.39 is 11.2 Å². The summed E-state index contributed by atoms with van der Waals surface area (Å²) in [6.45, 7) is 15.2. The zero-order valence-corrected chi connectivity index (χ0v) is 16.7. The van der Waals surface area contributed by atoms with Crippen LogP contribution >= 0.6 is 0 Å². The Morgan fingerprint density at radius 3 is 1.65 bits per heavy atom. The summed E-state index contributed by atoms with van der Waals surface area (Å²) in [6, 6.07) is 5.99. The van der Waals surface area contributed by atoms with Gasteiger partial charge in [-0.05, 0) is 61.0 Å². The summed E-state index contributed by atoms with van der Waals surface area (Å²) in [6.07, 6.45) is 0. The highest BCUT2D eigenvalue weighted by molar-refractivity contribution is 5.60. The molecule has 1 aromatic carbocycles. The second-order valence-corrected chi connectivity index (χ2v) is 8.10. The minimum absolute atomic E-state index is 0.00240. The van der Waals surface area contributed by atoms with Crippen LogP contribution in [0.5, 0.6) is 12.0 Å². The van der Waals surface area contributed by atoms with Crippen LogP contribution in [0.4, 0.5) is 0 Å². The van der Waals surface area contributed by atoms with Crippen molar-refractivity contribution in [1.82, 2.24) is 15.0 Å². The quantitative estimate of drug-likeness (QED) is 0.578. The van der Waals surface area contributed by atoms with Gasteiger partial charge in [-0.3, -0.25) is 9.78 Å². The molecule has 0 N–H and O–H groups in total. The van der Waals surface area contributed by atoms with Crippen LogP contribution in [0, 0.1) is 13.8 Å². The average Bonchev–Trinajstić information content (AvgIpc) is 2.49. The third kappa shape index (κ3) is 6.24. The Morgan fingerprint density at radius 2 is 1.23 bits per heavy atom. The summed E-state index contributed by atoms with van der Waals surface area (Å²) in [5, 5.41) is 0. The van der Waals surface area contributed by atoms with Crippen LogP contribution in [0.1, 0.15) is 52.7 Å². The predicted octanol–water partition coefficient (Wildman–Crippen LogP) is 4.37. The molecule has 0 bridgehead atoms. The third-order valence-corrected chi connectivity index (χ3v) is 2.95. The topological polar surface area (TPSA) is 75.6 Å². The van der Waals surface area contributed by atoms with Crippen molar-refractivity contribution in [3.63, 3.8) is 0 Å². The zero-order valence-electron chi connectivity index (χ0n) is 16.7. The number of benzene rings is 1. The molecule has 0 atom stereocenters. The molecule has 7 nitrogen and oxygen atoms in total. The molecule has 0 fully saturated rings. The molecule has 2 aromatic rings. The molecule has 2 rings (SSSR count). The van der Waals surface area contributed by atoms with Crippen molar-refractivity contribution in [2.75, 3.05) is 0 Å². The normalized spacial score (nSPS) is 12.2. The van der Waals surface area contributed by atoms with Gasteiger partial charge >= 0.3 is 12.0 Å². The molecule has 26 heavy (non-hydrogen) atoms. The Hall–Kier alpha value is -2.25. The summed E-state index contributed by atoms with van der Waals surface area (Å²) in [7, 11) is 0. The first-order valence-electron chi connectivity index (χ1n) is 8.48. The summed E-state index contributed by atoms with van der Waals surface area (Å²) in [4.78, 5) is 33.9. The molecule has 7 heteroatoms. The van der Waals surface area contributed by atoms with Gasteiger partial charge in [0, 0.05) is 5.56 Å². The Kier molecular flexibility index (Phi) is 5.83. The SMILES string of the molecule is Cc1ccc(-c2nc(OOC(C)(C)C)nc(OOC(C)(C)C)n2)c(C)c1. The van der Waals surface area contributed by atoms with Crippen molar-refractivity contribution in [1.29, 1.82) is 0 Å². The maximum Gasteiger partial charge on any atom is 0.360 e. The molecule has 0 saturated heterocycles. The van der Waals surface area contributed by atoms with Crippen molar-refractivity contribution >= 4 is 0 Å². The third-order valence-electron chi connectivity index (χ3n) is 2.95. The van der Waals surface area contributed by atoms with Gasteiger partial charge in [0.2, 0.25) is 0 Å². The Morgan fingerprint density at radius 1 is 0.731 bits per heavy atom. The Labute approximate surface area is 154 Å². The van der Waals surface area contributed by atoms with E-state index in [0.717, 1.165) is 16.7 Å². The molecule has 0 aliphatic carbocycles. The van der Waals surface area contributed by atoms with Gasteiger partial charge in [-0.1, -0.05) is 23.8 Å². The van der Waals surface area contributed by atoms with E-state index in [9.17, 15) is 0 Å². The minimum atomic E-state index is -0.518. The lowest BCUT2D eigenvalue weighted by atomic mass is 10.1. The molecule has 142 valence electrons. The van der Waals surface area contributed by atoms with Gasteiger partial charge in [-0.25, -0.2) is 0 Å². The van der Waals surface area contributed by atoms with Crippen LogP contribution in [-0.2, 0) is 9.78 Å². The Balaban J connectivity index is 2.38. The summed E-state index contributed by atoms with van der Waals surface area (Å²) in [5.74, 6) is 0.414. The fourth-order valence-corrected chi connectivity index (χ4v) is 1.92. The van der Waals surface area contributed by atoms with Gasteiger partial charge in [0.15, 0.2) is 5.82 Å². The van der Waals surface area contributed by atoms with E-state index in [1.165, 1.54) is 0 Å². The van der Waals surface area contributed by atoms with Crippen LogP contribution < -0.4 is 9.78 Å². The fraction of sp³-hybridized carbons (Fsp3) is 0.526. The first-order valence-corrected chi connectivity index (χ1v) is 8.48. The smallest absolute Gasteiger partial charge is 0.294 e. The van der Waals surface area contributed by atoms with Gasteiger partial charge in [-0.2, -0.15) is 19.7 Å². The van der Waals surface area contributed by atoms with Crippen molar-refractivity contribution in [2.45, 2.75) is 66.6 Å². The number of rotatable bonds is 5. The lowest BCUT2D eigenvalue weighted by Crippen LogP contribution is -2.23. The fourth-order valence-electron chi connectivity index (χ4n) is 1.92. The molecule has 0 amide bonds. The van der Waals surface area contributed by atoms with E-state index in [1.54, 1.807) is 0 Å². The molecule has 1 heterocycles. The molecule has 0 saturated carbocycles.